The number of hydrogen-bond acceptors (Lipinski definition) is 4. The molecular weight excluding hydrogens is 251 g/mol. The van der Waals surface area contributed by atoms with E-state index in [0.29, 0.717) is 6.07 Å². The molecule has 7 heteroatoms. The van der Waals surface area contributed by atoms with Crippen molar-refractivity contribution in [3.8, 4) is 6.07 Å². The van der Waals surface area contributed by atoms with Gasteiger partial charge < -0.3 is 4.74 Å². The van der Waals surface area contributed by atoms with Gasteiger partial charge >= 0.3 is 12.1 Å². The lowest BCUT2D eigenvalue weighted by atomic mass is 9.98. The number of hydrogen-bond donors (Lipinski definition) is 0. The molecule has 0 atom stereocenters. The number of aldehydes is 1. The Kier molecular flexibility index (Phi) is 3.71. The fourth-order valence-corrected chi connectivity index (χ4v) is 1.38. The number of esters is 1. The summed E-state index contributed by atoms with van der Waals surface area (Å²) in [5.74, 6) is -1.28. The van der Waals surface area contributed by atoms with Gasteiger partial charge in [-0.15, -0.1) is 0 Å². The first kappa shape index (κ1) is 13.7. The third kappa shape index (κ3) is 2.48. The van der Waals surface area contributed by atoms with E-state index in [1.807, 2.05) is 0 Å². The molecule has 1 aromatic carbocycles. The average molecular weight is 257 g/mol. The summed E-state index contributed by atoms with van der Waals surface area (Å²) in [6.45, 7) is 0. The quantitative estimate of drug-likeness (QED) is 0.601. The van der Waals surface area contributed by atoms with E-state index < -0.39 is 28.8 Å². The molecule has 0 fully saturated rings. The second-order valence-electron chi connectivity index (χ2n) is 3.21. The highest BCUT2D eigenvalue weighted by molar-refractivity contribution is 6.00. The molecule has 0 spiro atoms. The number of halogens is 3. The van der Waals surface area contributed by atoms with Gasteiger partial charge in [-0.05, 0) is 12.1 Å². The number of benzene rings is 1. The van der Waals surface area contributed by atoms with Crippen molar-refractivity contribution in [2.75, 3.05) is 7.11 Å². The Bertz CT molecular complexity index is 544. The Hall–Kier alpha value is -2.36. The molecule has 0 aliphatic heterocycles. The van der Waals surface area contributed by atoms with Gasteiger partial charge in [0.2, 0.25) is 0 Å². The lowest BCUT2D eigenvalue weighted by Gasteiger charge is -2.13. The van der Waals surface area contributed by atoms with Gasteiger partial charge in [0.25, 0.3) is 0 Å². The number of rotatable bonds is 2. The van der Waals surface area contributed by atoms with Crippen LogP contribution in [-0.4, -0.2) is 19.4 Å². The zero-order chi connectivity index (χ0) is 13.9. The van der Waals surface area contributed by atoms with E-state index in [-0.39, 0.29) is 11.8 Å². The molecule has 0 aromatic heterocycles. The van der Waals surface area contributed by atoms with Crippen LogP contribution < -0.4 is 0 Å². The molecule has 0 unspecified atom stereocenters. The van der Waals surface area contributed by atoms with Gasteiger partial charge in [-0.1, -0.05) is 0 Å². The number of nitriles is 1. The first-order valence-electron chi connectivity index (χ1n) is 4.54. The summed E-state index contributed by atoms with van der Waals surface area (Å²) in [7, 11) is 0.898. The van der Waals surface area contributed by atoms with Crippen LogP contribution in [0, 0.1) is 11.3 Å². The predicted octanol–water partition coefficient (Wildman–Crippen LogP) is 2.18. The van der Waals surface area contributed by atoms with Crippen LogP contribution in [0.1, 0.15) is 31.8 Å². The van der Waals surface area contributed by atoms with Crippen molar-refractivity contribution in [1.29, 1.82) is 5.26 Å². The van der Waals surface area contributed by atoms with Crippen LogP contribution in [0.15, 0.2) is 12.1 Å². The Morgan fingerprint density at radius 1 is 1.44 bits per heavy atom. The highest BCUT2D eigenvalue weighted by Crippen LogP contribution is 2.34. The summed E-state index contributed by atoms with van der Waals surface area (Å²) in [6, 6.07) is 2.88. The Balaban J connectivity index is 3.70. The van der Waals surface area contributed by atoms with Crippen molar-refractivity contribution < 1.29 is 27.5 Å². The highest BCUT2D eigenvalue weighted by atomic mass is 19.4. The molecule has 0 aliphatic rings. The molecule has 0 N–H and O–H groups in total. The zero-order valence-corrected chi connectivity index (χ0v) is 9.04. The molecule has 0 saturated carbocycles. The minimum Gasteiger partial charge on any atom is -0.465 e. The average Bonchev–Trinajstić information content (AvgIpc) is 2.34. The largest absolute Gasteiger partial charge is 0.465 e. The number of ether oxygens (including phenoxy) is 1. The molecule has 18 heavy (non-hydrogen) atoms. The zero-order valence-electron chi connectivity index (χ0n) is 9.04. The van der Waals surface area contributed by atoms with E-state index in [0.717, 1.165) is 13.2 Å². The highest BCUT2D eigenvalue weighted by Gasteiger charge is 2.37. The monoisotopic (exact) mass is 257 g/mol. The summed E-state index contributed by atoms with van der Waals surface area (Å²) in [5.41, 5.74) is -3.15. The number of nitrogens with zero attached hydrogens (tertiary/aromatic N) is 1. The molecule has 0 radical (unpaired) electrons. The molecule has 94 valence electrons. The van der Waals surface area contributed by atoms with Crippen molar-refractivity contribution >= 4 is 12.3 Å². The van der Waals surface area contributed by atoms with Gasteiger partial charge in [-0.3, -0.25) is 4.79 Å². The van der Waals surface area contributed by atoms with Crippen LogP contribution >= 0.6 is 0 Å². The molecule has 0 bridgehead atoms. The molecule has 0 amide bonds. The van der Waals surface area contributed by atoms with Crippen molar-refractivity contribution in [1.82, 2.24) is 0 Å². The Morgan fingerprint density at radius 2 is 2.06 bits per heavy atom. The normalized spacial score (nSPS) is 10.6. The Labute approximate surface area is 99.6 Å². The summed E-state index contributed by atoms with van der Waals surface area (Å²) < 4.78 is 42.4. The van der Waals surface area contributed by atoms with Crippen LogP contribution in [0.25, 0.3) is 0 Å². The summed E-state index contributed by atoms with van der Waals surface area (Å²) >= 11 is 0. The van der Waals surface area contributed by atoms with E-state index in [9.17, 15) is 22.8 Å². The van der Waals surface area contributed by atoms with E-state index in [4.69, 9.17) is 5.26 Å². The number of carbonyl (C=O) groups excluding carboxylic acids is 2. The first-order valence-corrected chi connectivity index (χ1v) is 4.54. The van der Waals surface area contributed by atoms with Gasteiger partial charge in [0.1, 0.15) is 0 Å². The topological polar surface area (TPSA) is 67.2 Å². The van der Waals surface area contributed by atoms with Gasteiger partial charge in [0.05, 0.1) is 29.9 Å². The van der Waals surface area contributed by atoms with Crippen molar-refractivity contribution in [3.63, 3.8) is 0 Å². The molecular formula is C11H6F3NO3. The molecule has 0 aliphatic carbocycles. The van der Waals surface area contributed by atoms with Crippen LogP contribution in [0.5, 0.6) is 0 Å². The predicted molar refractivity (Wildman–Crippen MR) is 52.9 cm³/mol. The van der Waals surface area contributed by atoms with E-state index in [2.05, 4.69) is 4.74 Å². The maximum Gasteiger partial charge on any atom is 0.417 e. The second-order valence-corrected chi connectivity index (χ2v) is 3.21. The number of methoxy groups -OCH3 is 1. The maximum atomic E-state index is 12.7. The maximum absolute atomic E-state index is 12.7. The molecule has 0 heterocycles. The third-order valence-corrected chi connectivity index (χ3v) is 2.12. The molecule has 4 nitrogen and oxygen atoms in total. The van der Waals surface area contributed by atoms with Gasteiger partial charge in [0.15, 0.2) is 6.29 Å². The van der Waals surface area contributed by atoms with Crippen molar-refractivity contribution in [2.24, 2.45) is 0 Å². The number of carbonyl (C=O) groups is 2. The molecule has 0 saturated heterocycles. The minimum absolute atomic E-state index is 0.0718. The van der Waals surface area contributed by atoms with Gasteiger partial charge in [-0.25, -0.2) is 4.79 Å². The Morgan fingerprint density at radius 3 is 2.44 bits per heavy atom. The first-order chi connectivity index (χ1) is 8.35. The fourth-order valence-electron chi connectivity index (χ4n) is 1.38. The van der Waals surface area contributed by atoms with Crippen LogP contribution in [0.3, 0.4) is 0 Å². The van der Waals surface area contributed by atoms with E-state index in [1.54, 1.807) is 0 Å². The van der Waals surface area contributed by atoms with Gasteiger partial charge in [-0.2, -0.15) is 18.4 Å². The number of alkyl halides is 3. The summed E-state index contributed by atoms with van der Waals surface area (Å²) in [5, 5.41) is 8.58. The summed E-state index contributed by atoms with van der Waals surface area (Å²) in [6.07, 6.45) is -4.80. The van der Waals surface area contributed by atoms with Crippen LogP contribution in [0.2, 0.25) is 0 Å². The van der Waals surface area contributed by atoms with E-state index >= 15 is 0 Å². The molecule has 1 rings (SSSR count). The van der Waals surface area contributed by atoms with Crippen LogP contribution in [0.4, 0.5) is 13.2 Å². The molecule has 1 aromatic rings. The van der Waals surface area contributed by atoms with Gasteiger partial charge in [0, 0.05) is 5.56 Å². The van der Waals surface area contributed by atoms with Crippen molar-refractivity contribution in [2.45, 2.75) is 6.18 Å². The SMILES string of the molecule is COC(=O)c1c(C=O)cc(C#N)cc1C(F)(F)F. The lowest BCUT2D eigenvalue weighted by Crippen LogP contribution is -2.17. The summed E-state index contributed by atoms with van der Waals surface area (Å²) in [4.78, 5) is 22.0. The standard InChI is InChI=1S/C11H6F3NO3/c1-18-10(17)9-7(5-16)2-6(4-15)3-8(9)11(12,13)14/h2-3,5H,1H3. The smallest absolute Gasteiger partial charge is 0.417 e. The van der Waals surface area contributed by atoms with Crippen molar-refractivity contribution in [3.05, 3.63) is 34.4 Å². The van der Waals surface area contributed by atoms with Crippen LogP contribution in [-0.2, 0) is 10.9 Å². The fraction of sp³-hybridized carbons (Fsp3) is 0.182. The lowest BCUT2D eigenvalue weighted by molar-refractivity contribution is -0.138. The third-order valence-electron chi connectivity index (χ3n) is 2.12. The minimum atomic E-state index is -4.87. The second kappa shape index (κ2) is 4.87. The van der Waals surface area contributed by atoms with E-state index in [1.165, 1.54) is 6.07 Å².